The lowest BCUT2D eigenvalue weighted by atomic mass is 9.86. The molecule has 8 heteroatoms. The molecule has 2 atom stereocenters. The van der Waals surface area contributed by atoms with Gasteiger partial charge in [0, 0.05) is 23.2 Å². The fourth-order valence-corrected chi connectivity index (χ4v) is 5.65. The normalized spacial score (nSPS) is 15.9. The summed E-state index contributed by atoms with van der Waals surface area (Å²) in [7, 11) is 1.56. The highest BCUT2D eigenvalue weighted by molar-refractivity contribution is 5.97. The highest BCUT2D eigenvalue weighted by Gasteiger charge is 2.42. The van der Waals surface area contributed by atoms with E-state index in [9.17, 15) is 14.7 Å². The zero-order chi connectivity index (χ0) is 33.4. The topological polar surface area (TPSA) is 94.5 Å². The Bertz CT molecular complexity index is 1680. The Balaban J connectivity index is 1.63. The molecule has 1 amide bonds. The van der Waals surface area contributed by atoms with Crippen molar-refractivity contribution >= 4 is 17.4 Å². The Morgan fingerprint density at radius 3 is 1.85 bits per heavy atom. The van der Waals surface area contributed by atoms with Crippen LogP contribution >= 0.6 is 0 Å². The summed E-state index contributed by atoms with van der Waals surface area (Å²) in [5, 5.41) is 10.7. The summed E-state index contributed by atoms with van der Waals surface area (Å²) in [4.78, 5) is 28.7. The molecule has 0 unspecified atom stereocenters. The van der Waals surface area contributed by atoms with E-state index in [-0.39, 0.29) is 32.1 Å². The van der Waals surface area contributed by atoms with Crippen LogP contribution in [0.1, 0.15) is 54.2 Å². The van der Waals surface area contributed by atoms with Crippen molar-refractivity contribution < 1.29 is 33.6 Å². The summed E-state index contributed by atoms with van der Waals surface area (Å²) in [6.07, 6.45) is 1.64. The third-order valence-corrected chi connectivity index (χ3v) is 7.81. The molecule has 1 aliphatic heterocycles. The third-order valence-electron chi connectivity index (χ3n) is 7.81. The SMILES string of the molecule is COc1ccc(C2=CN(C(=O)c3ccccc3)[C@H](CO)[C@H]2CC(=O)OC(C)(C)C)c(OCc2ccccc2)c1OCc1ccccc1. The second-order valence-corrected chi connectivity index (χ2v) is 12.3. The zero-order valence-corrected chi connectivity index (χ0v) is 27.2. The molecule has 0 bridgehead atoms. The fourth-order valence-electron chi connectivity index (χ4n) is 5.65. The number of benzene rings is 4. The minimum atomic E-state index is -0.733. The number of carbonyl (C=O) groups is 2. The molecule has 1 N–H and O–H groups in total. The van der Waals surface area contributed by atoms with E-state index >= 15 is 0 Å². The van der Waals surface area contributed by atoms with Crippen molar-refractivity contribution in [3.63, 3.8) is 0 Å². The summed E-state index contributed by atoms with van der Waals surface area (Å²) >= 11 is 0. The molecule has 0 aliphatic carbocycles. The van der Waals surface area contributed by atoms with Gasteiger partial charge in [-0.25, -0.2) is 0 Å². The number of hydrogen-bond acceptors (Lipinski definition) is 7. The first kappa shape index (κ1) is 33.3. The molecule has 5 rings (SSSR count). The van der Waals surface area contributed by atoms with E-state index in [2.05, 4.69) is 0 Å². The van der Waals surface area contributed by atoms with Crippen LogP contribution in [0.3, 0.4) is 0 Å². The molecule has 1 aliphatic rings. The summed E-state index contributed by atoms with van der Waals surface area (Å²) < 4.78 is 24.4. The van der Waals surface area contributed by atoms with E-state index in [4.69, 9.17) is 18.9 Å². The lowest BCUT2D eigenvalue weighted by Crippen LogP contribution is -2.40. The molecule has 0 fully saturated rings. The number of aliphatic hydroxyl groups excluding tert-OH is 1. The van der Waals surface area contributed by atoms with Crippen molar-refractivity contribution in [1.82, 2.24) is 4.90 Å². The highest BCUT2D eigenvalue weighted by atomic mass is 16.6. The minimum absolute atomic E-state index is 0.0722. The minimum Gasteiger partial charge on any atom is -0.493 e. The van der Waals surface area contributed by atoms with Crippen LogP contribution in [-0.4, -0.2) is 47.2 Å². The number of esters is 1. The van der Waals surface area contributed by atoms with Crippen molar-refractivity contribution in [1.29, 1.82) is 0 Å². The smallest absolute Gasteiger partial charge is 0.307 e. The summed E-state index contributed by atoms with van der Waals surface area (Å²) in [5.74, 6) is -0.107. The molecule has 1 heterocycles. The summed E-state index contributed by atoms with van der Waals surface area (Å²) in [5.41, 5.74) is 2.89. The van der Waals surface area contributed by atoms with Crippen LogP contribution in [0.2, 0.25) is 0 Å². The maximum atomic E-state index is 13.9. The van der Waals surface area contributed by atoms with E-state index in [1.54, 1.807) is 64.4 Å². The Kier molecular flexibility index (Phi) is 10.6. The van der Waals surface area contributed by atoms with Crippen LogP contribution in [0.25, 0.3) is 5.57 Å². The van der Waals surface area contributed by atoms with Crippen molar-refractivity contribution in [3.05, 3.63) is 132 Å². The van der Waals surface area contributed by atoms with Crippen LogP contribution < -0.4 is 14.2 Å². The van der Waals surface area contributed by atoms with Gasteiger partial charge in [0.1, 0.15) is 18.8 Å². The molecule has 47 heavy (non-hydrogen) atoms. The lowest BCUT2D eigenvalue weighted by molar-refractivity contribution is -0.155. The van der Waals surface area contributed by atoms with Gasteiger partial charge < -0.3 is 29.0 Å². The van der Waals surface area contributed by atoms with Gasteiger partial charge >= 0.3 is 5.97 Å². The van der Waals surface area contributed by atoms with Crippen LogP contribution in [-0.2, 0) is 22.7 Å². The maximum absolute atomic E-state index is 13.9. The number of hydrogen-bond donors (Lipinski definition) is 1. The Labute approximate surface area is 276 Å². The van der Waals surface area contributed by atoms with E-state index < -0.39 is 23.5 Å². The van der Waals surface area contributed by atoms with Gasteiger partial charge in [0.05, 0.1) is 26.2 Å². The molecule has 0 saturated carbocycles. The molecule has 244 valence electrons. The predicted octanol–water partition coefficient (Wildman–Crippen LogP) is 7.06. The van der Waals surface area contributed by atoms with Gasteiger partial charge in [-0.05, 0) is 61.7 Å². The first-order valence-electron chi connectivity index (χ1n) is 15.7. The number of amides is 1. The van der Waals surface area contributed by atoms with Gasteiger partial charge in [-0.15, -0.1) is 0 Å². The van der Waals surface area contributed by atoms with Gasteiger partial charge in [-0.1, -0.05) is 78.9 Å². The van der Waals surface area contributed by atoms with Gasteiger partial charge in [-0.3, -0.25) is 9.59 Å². The van der Waals surface area contributed by atoms with Crippen molar-refractivity contribution in [3.8, 4) is 17.2 Å². The molecule has 0 saturated heterocycles. The number of carbonyl (C=O) groups excluding carboxylic acids is 2. The number of rotatable bonds is 12. The van der Waals surface area contributed by atoms with Crippen LogP contribution in [0.5, 0.6) is 17.2 Å². The van der Waals surface area contributed by atoms with Gasteiger partial charge in [0.15, 0.2) is 11.5 Å². The third kappa shape index (κ3) is 8.20. The molecule has 0 radical (unpaired) electrons. The van der Waals surface area contributed by atoms with Crippen molar-refractivity contribution in [2.75, 3.05) is 13.7 Å². The lowest BCUT2D eigenvalue weighted by Gasteiger charge is -2.29. The van der Waals surface area contributed by atoms with Gasteiger partial charge in [-0.2, -0.15) is 0 Å². The maximum Gasteiger partial charge on any atom is 0.307 e. The Morgan fingerprint density at radius 1 is 0.766 bits per heavy atom. The average molecular weight is 636 g/mol. The zero-order valence-electron chi connectivity index (χ0n) is 27.2. The molecule has 0 aromatic heterocycles. The molecule has 8 nitrogen and oxygen atoms in total. The summed E-state index contributed by atoms with van der Waals surface area (Å²) in [6.45, 7) is 5.52. The second kappa shape index (κ2) is 15.0. The first-order chi connectivity index (χ1) is 22.7. The quantitative estimate of drug-likeness (QED) is 0.167. The van der Waals surface area contributed by atoms with Crippen molar-refractivity contribution in [2.45, 2.75) is 52.0 Å². The Hall–Kier alpha value is -5.08. The monoisotopic (exact) mass is 635 g/mol. The van der Waals surface area contributed by atoms with Crippen LogP contribution in [0.15, 0.2) is 109 Å². The van der Waals surface area contributed by atoms with E-state index in [0.717, 1.165) is 11.1 Å². The average Bonchev–Trinajstić information content (AvgIpc) is 3.43. The number of methoxy groups -OCH3 is 1. The first-order valence-corrected chi connectivity index (χ1v) is 15.7. The van der Waals surface area contributed by atoms with Gasteiger partial charge in [0.25, 0.3) is 5.91 Å². The molecular formula is C39H41NO7. The molecule has 4 aromatic carbocycles. The number of ether oxygens (including phenoxy) is 4. The second-order valence-electron chi connectivity index (χ2n) is 12.3. The predicted molar refractivity (Wildman–Crippen MR) is 180 cm³/mol. The summed E-state index contributed by atoms with van der Waals surface area (Å²) in [6, 6.07) is 31.3. The number of nitrogens with zero attached hydrogens (tertiary/aromatic N) is 1. The number of aliphatic hydroxyl groups is 1. The Morgan fingerprint density at radius 2 is 1.32 bits per heavy atom. The largest absolute Gasteiger partial charge is 0.493 e. The van der Waals surface area contributed by atoms with Crippen LogP contribution in [0.4, 0.5) is 0 Å². The van der Waals surface area contributed by atoms with Crippen LogP contribution in [0, 0.1) is 5.92 Å². The fraction of sp³-hybridized carbons (Fsp3) is 0.282. The van der Waals surface area contributed by atoms with Gasteiger partial charge in [0.2, 0.25) is 5.75 Å². The molecule has 4 aromatic rings. The van der Waals surface area contributed by atoms with E-state index in [1.807, 2.05) is 72.8 Å². The van der Waals surface area contributed by atoms with E-state index in [1.165, 1.54) is 4.90 Å². The molecular weight excluding hydrogens is 594 g/mol. The van der Waals surface area contributed by atoms with E-state index in [0.29, 0.717) is 33.9 Å². The van der Waals surface area contributed by atoms with Crippen molar-refractivity contribution in [2.24, 2.45) is 5.92 Å². The standard InChI is InChI=1S/C39H41NO7/c1-39(2,3)47-35(42)22-31-32(23-40(33(31)24-41)38(43)29-18-12-7-13-19-29)30-20-21-34(44-4)37(46-26-28-16-10-6-11-17-28)36(30)45-25-27-14-8-5-9-15-27/h5-21,23,31,33,41H,22,24-26H2,1-4H3/t31-,33+/m0/s1. The molecule has 0 spiro atoms. The highest BCUT2D eigenvalue weighted by Crippen LogP contribution is 2.48.